The van der Waals surface area contributed by atoms with Crippen LogP contribution in [-0.4, -0.2) is 13.0 Å². The predicted octanol–water partition coefficient (Wildman–Crippen LogP) is 5.56. The second-order valence-corrected chi connectivity index (χ2v) is 7.38. The second-order valence-electron chi connectivity index (χ2n) is 1.78. The summed E-state index contributed by atoms with van der Waals surface area (Å²) < 4.78 is 19.4. The zero-order valence-corrected chi connectivity index (χ0v) is 11.2. The molecule has 0 aliphatic carbocycles. The van der Waals surface area contributed by atoms with Crippen molar-refractivity contribution in [2.75, 3.05) is 0 Å². The van der Waals surface area contributed by atoms with Crippen LogP contribution in [0.15, 0.2) is 0 Å². The van der Waals surface area contributed by atoms with Crippen LogP contribution in [0.1, 0.15) is 6.92 Å². The Hall–Kier alpha value is 1.89. The van der Waals surface area contributed by atoms with Crippen LogP contribution < -0.4 is 0 Å². The van der Waals surface area contributed by atoms with Crippen molar-refractivity contribution in [3.05, 3.63) is 0 Å². The van der Waals surface area contributed by atoms with Gasteiger partial charge in [-0.3, -0.25) is 0 Å². The molecule has 0 rings (SSSR count). The van der Waals surface area contributed by atoms with Gasteiger partial charge in [0.1, 0.15) is 0 Å². The monoisotopic (exact) mass is 334 g/mol. The molecule has 0 fully saturated rings. The van der Waals surface area contributed by atoms with E-state index in [1.165, 1.54) is 6.92 Å². The van der Waals surface area contributed by atoms with Crippen molar-refractivity contribution in [2.45, 2.75) is 19.9 Å². The Morgan fingerprint density at radius 1 is 0.769 bits per heavy atom. The van der Waals surface area contributed by atoms with E-state index in [0.29, 0.717) is 0 Å². The van der Waals surface area contributed by atoms with Crippen LogP contribution in [0.2, 0.25) is 0 Å². The minimum Gasteiger partial charge on any atom is -0.183 e. The minimum atomic E-state index is -3.79. The van der Waals surface area contributed by atoms with Crippen molar-refractivity contribution in [2.24, 2.45) is 0 Å². The van der Waals surface area contributed by atoms with Gasteiger partial charge in [0.05, 0.1) is 0 Å². The highest BCUT2D eigenvalue weighted by Gasteiger charge is 2.48. The molecule has 0 bridgehead atoms. The molecule has 0 aromatic heterocycles. The molecule has 82 valence electrons. The Balaban J connectivity index is 0. The Morgan fingerprint density at radius 2 is 0.846 bits per heavy atom. The first kappa shape index (κ1) is 17.3. The fourth-order valence-electron chi connectivity index (χ4n) is 0. The van der Waals surface area contributed by atoms with Gasteiger partial charge in [-0.15, -0.1) is 0 Å². The van der Waals surface area contributed by atoms with Crippen molar-refractivity contribution in [3.8, 4) is 0 Å². The van der Waals surface area contributed by atoms with Gasteiger partial charge in [0.2, 0.25) is 0 Å². The predicted molar refractivity (Wildman–Crippen MR) is 57.1 cm³/mol. The quantitative estimate of drug-likeness (QED) is 0.507. The first-order chi connectivity index (χ1) is 5.25. The van der Waals surface area contributed by atoms with E-state index in [9.17, 15) is 8.78 Å². The molecule has 13 heavy (non-hydrogen) atoms. The van der Waals surface area contributed by atoms with Gasteiger partial charge in [-0.05, 0) is 18.5 Å². The molecule has 0 aromatic rings. The van der Waals surface area contributed by atoms with Crippen LogP contribution in [0.3, 0.4) is 0 Å². The van der Waals surface area contributed by atoms with E-state index < -0.39 is 13.0 Å². The van der Waals surface area contributed by atoms with Crippen molar-refractivity contribution in [1.82, 2.24) is 0 Å². The van der Waals surface area contributed by atoms with Gasteiger partial charge in [0.15, 0.2) is 3.79 Å². The Labute approximate surface area is 109 Å². The van der Waals surface area contributed by atoms with Gasteiger partial charge in [0, 0.05) is 0 Å². The molecule has 0 heterocycles. The van der Waals surface area contributed by atoms with Gasteiger partial charge in [0.25, 0.3) is 3.79 Å². The maximum atomic E-state index is 11.6. The van der Waals surface area contributed by atoms with Crippen LogP contribution in [0.4, 0.5) is 8.78 Å². The van der Waals surface area contributed by atoms with Crippen LogP contribution in [0, 0.1) is 0 Å². The largest absolute Gasteiger partial charge is 0.368 e. The summed E-state index contributed by atoms with van der Waals surface area (Å²) in [6, 6.07) is 0. The van der Waals surface area contributed by atoms with E-state index in [-0.39, 0.29) is 0 Å². The molecule has 0 N–H and O–H groups in total. The Morgan fingerprint density at radius 3 is 0.846 bits per heavy atom. The summed E-state index contributed by atoms with van der Waals surface area (Å²) in [6.07, 6.45) is 0. The van der Waals surface area contributed by atoms with Gasteiger partial charge in [-0.25, -0.2) is 0 Å². The third-order valence-corrected chi connectivity index (χ3v) is 1.61. The average molecular weight is 337 g/mol. The zero-order chi connectivity index (χ0) is 11.5. The van der Waals surface area contributed by atoms with Gasteiger partial charge in [-0.2, -0.15) is 8.78 Å². The number of alkyl halides is 9. The van der Waals surface area contributed by atoms with Crippen LogP contribution in [0.25, 0.3) is 0 Å². The molecule has 0 aliphatic rings. The smallest absolute Gasteiger partial charge is 0.183 e. The number of halogens is 9. The van der Waals surface area contributed by atoms with E-state index >= 15 is 0 Å². The molecule has 0 unspecified atom stereocenters. The fourth-order valence-corrected chi connectivity index (χ4v) is 0. The van der Waals surface area contributed by atoms with Gasteiger partial charge < -0.3 is 0 Å². The summed E-state index contributed by atoms with van der Waals surface area (Å²) in [5, 5.41) is -3.79. The second kappa shape index (κ2) is 5.83. The van der Waals surface area contributed by atoms with Crippen LogP contribution >= 0.6 is 81.2 Å². The summed E-state index contributed by atoms with van der Waals surface area (Å²) >= 11 is 33.4. The molecular formula is C4H3Cl7F2. The van der Waals surface area contributed by atoms with Crippen molar-refractivity contribution < 1.29 is 8.78 Å². The topological polar surface area (TPSA) is 0 Å². The average Bonchev–Trinajstić information content (AvgIpc) is 1.50. The molecule has 0 spiro atoms. The molecule has 0 radical (unpaired) electrons. The lowest BCUT2D eigenvalue weighted by Crippen LogP contribution is -2.26. The summed E-state index contributed by atoms with van der Waals surface area (Å²) in [7, 11) is 0. The number of hydrogen-bond acceptors (Lipinski definition) is 0. The van der Waals surface area contributed by atoms with E-state index in [2.05, 4.69) is 46.4 Å². The Bertz CT molecular complexity index is 122. The SMILES string of the molecule is CC(Cl)(Cl)Cl.FC(F)(Cl)C(Cl)(Cl)Cl. The van der Waals surface area contributed by atoms with Crippen LogP contribution in [-0.2, 0) is 0 Å². The first-order valence-electron chi connectivity index (χ1n) is 2.45. The normalized spacial score (nSPS) is 13.4. The third kappa shape index (κ3) is 16.6. The Kier molecular flexibility index (Phi) is 7.76. The van der Waals surface area contributed by atoms with Gasteiger partial charge >= 0.3 is 5.38 Å². The number of rotatable bonds is 0. The van der Waals surface area contributed by atoms with E-state index in [4.69, 9.17) is 34.8 Å². The maximum Gasteiger partial charge on any atom is 0.368 e. The molecule has 0 atom stereocenters. The maximum absolute atomic E-state index is 11.6. The number of hydrogen-bond donors (Lipinski definition) is 0. The van der Waals surface area contributed by atoms with E-state index in [1.807, 2.05) is 0 Å². The molecule has 0 amide bonds. The van der Waals surface area contributed by atoms with E-state index in [0.717, 1.165) is 0 Å². The van der Waals surface area contributed by atoms with Crippen molar-refractivity contribution >= 4 is 81.2 Å². The standard InChI is InChI=1S/C2Cl4F2.C2H3Cl3/c3-1(4,5)2(6,7)8;1-2(3,4)5/h;1H3. The lowest BCUT2D eigenvalue weighted by molar-refractivity contribution is 0.101. The zero-order valence-electron chi connectivity index (χ0n) is 5.90. The highest BCUT2D eigenvalue weighted by molar-refractivity contribution is 6.70. The van der Waals surface area contributed by atoms with Gasteiger partial charge in [-0.1, -0.05) is 69.6 Å². The highest BCUT2D eigenvalue weighted by Crippen LogP contribution is 2.44. The summed E-state index contributed by atoms with van der Waals surface area (Å²) in [6.45, 7) is 1.48. The summed E-state index contributed by atoms with van der Waals surface area (Å²) in [4.78, 5) is 0. The molecule has 0 aliphatic heterocycles. The minimum absolute atomic E-state index is 1.08. The molecule has 0 saturated heterocycles. The fraction of sp³-hybridized carbons (Fsp3) is 1.00. The highest BCUT2D eigenvalue weighted by atomic mass is 35.6. The lowest BCUT2D eigenvalue weighted by Gasteiger charge is -2.15. The molecule has 0 saturated carbocycles. The lowest BCUT2D eigenvalue weighted by atomic mass is 10.8. The molecular weight excluding hydrogens is 334 g/mol. The third-order valence-electron chi connectivity index (χ3n) is 0.321. The first-order valence-corrected chi connectivity index (χ1v) is 5.10. The summed E-state index contributed by atoms with van der Waals surface area (Å²) in [5.41, 5.74) is 0. The van der Waals surface area contributed by atoms with Crippen LogP contribution in [0.5, 0.6) is 0 Å². The van der Waals surface area contributed by atoms with Crippen molar-refractivity contribution in [1.29, 1.82) is 0 Å². The summed E-state index contributed by atoms with van der Waals surface area (Å²) in [5.74, 6) is 0. The van der Waals surface area contributed by atoms with E-state index in [1.54, 1.807) is 0 Å². The van der Waals surface area contributed by atoms with Crippen molar-refractivity contribution in [3.63, 3.8) is 0 Å². The molecule has 9 heteroatoms. The molecule has 0 aromatic carbocycles. The molecule has 0 nitrogen and oxygen atoms in total.